The van der Waals surface area contributed by atoms with Crippen LogP contribution in [0.3, 0.4) is 0 Å². The zero-order valence-corrected chi connectivity index (χ0v) is 15.5. The number of urea groups is 1. The van der Waals surface area contributed by atoms with Crippen molar-refractivity contribution in [2.24, 2.45) is 0 Å². The number of para-hydroxylation sites is 1. The molecule has 2 aromatic rings. The maximum atomic E-state index is 12.5. The summed E-state index contributed by atoms with van der Waals surface area (Å²) in [6, 6.07) is 14.5. The SMILES string of the molecule is Cc1ccccc1NC1CCN(C(=O)NCc2ccc3c(c2)OCO3)CC1. The van der Waals surface area contributed by atoms with E-state index in [0.29, 0.717) is 12.6 Å². The number of hydrogen-bond donors (Lipinski definition) is 2. The topological polar surface area (TPSA) is 62.8 Å². The van der Waals surface area contributed by atoms with Crippen LogP contribution in [-0.4, -0.2) is 36.9 Å². The van der Waals surface area contributed by atoms with E-state index >= 15 is 0 Å². The molecule has 0 spiro atoms. The summed E-state index contributed by atoms with van der Waals surface area (Å²) in [7, 11) is 0. The Labute approximate surface area is 159 Å². The van der Waals surface area contributed by atoms with Crippen molar-refractivity contribution < 1.29 is 14.3 Å². The molecule has 0 aromatic heterocycles. The molecule has 142 valence electrons. The second kappa shape index (κ2) is 7.78. The van der Waals surface area contributed by atoms with E-state index in [2.05, 4.69) is 29.7 Å². The van der Waals surface area contributed by atoms with Crippen LogP contribution in [0.1, 0.15) is 24.0 Å². The first-order valence-corrected chi connectivity index (χ1v) is 9.42. The van der Waals surface area contributed by atoms with Gasteiger partial charge in [-0.15, -0.1) is 0 Å². The van der Waals surface area contributed by atoms with Gasteiger partial charge in [0.15, 0.2) is 11.5 Å². The van der Waals surface area contributed by atoms with Crippen molar-refractivity contribution in [3.8, 4) is 11.5 Å². The summed E-state index contributed by atoms with van der Waals surface area (Å²) in [6.45, 7) is 4.38. The molecule has 0 radical (unpaired) electrons. The highest BCUT2D eigenvalue weighted by atomic mass is 16.7. The molecule has 6 heteroatoms. The van der Waals surface area contributed by atoms with Crippen LogP contribution in [0.4, 0.5) is 10.5 Å². The number of fused-ring (bicyclic) bond motifs is 1. The van der Waals surface area contributed by atoms with E-state index in [1.165, 1.54) is 11.3 Å². The number of ether oxygens (including phenoxy) is 2. The normalized spacial score (nSPS) is 16.3. The summed E-state index contributed by atoms with van der Waals surface area (Å²) in [6.07, 6.45) is 1.90. The Morgan fingerprint density at radius 2 is 1.89 bits per heavy atom. The quantitative estimate of drug-likeness (QED) is 0.868. The van der Waals surface area contributed by atoms with Crippen molar-refractivity contribution in [1.29, 1.82) is 0 Å². The average Bonchev–Trinajstić information content (AvgIpc) is 3.16. The van der Waals surface area contributed by atoms with Crippen LogP contribution in [0.15, 0.2) is 42.5 Å². The second-order valence-corrected chi connectivity index (χ2v) is 7.07. The average molecular weight is 367 g/mol. The molecule has 2 heterocycles. The molecular formula is C21H25N3O3. The number of hydrogen-bond acceptors (Lipinski definition) is 4. The summed E-state index contributed by atoms with van der Waals surface area (Å²) in [4.78, 5) is 14.4. The monoisotopic (exact) mass is 367 g/mol. The lowest BCUT2D eigenvalue weighted by atomic mass is 10.0. The van der Waals surface area contributed by atoms with Gasteiger partial charge in [-0.05, 0) is 49.1 Å². The maximum Gasteiger partial charge on any atom is 0.317 e. The minimum atomic E-state index is -0.0120. The number of nitrogens with one attached hydrogen (secondary N) is 2. The molecule has 0 bridgehead atoms. The van der Waals surface area contributed by atoms with Crippen LogP contribution < -0.4 is 20.1 Å². The fourth-order valence-corrected chi connectivity index (χ4v) is 3.52. The standard InChI is InChI=1S/C21H25N3O3/c1-15-4-2-3-5-18(15)23-17-8-10-24(11-9-17)21(25)22-13-16-6-7-19-20(12-16)27-14-26-19/h2-7,12,17,23H,8-11,13-14H2,1H3,(H,22,25). The molecule has 2 N–H and O–H groups in total. The zero-order chi connectivity index (χ0) is 18.6. The summed E-state index contributed by atoms with van der Waals surface area (Å²) in [5.41, 5.74) is 3.44. The third kappa shape index (κ3) is 4.10. The number of carbonyl (C=O) groups is 1. The molecular weight excluding hydrogens is 342 g/mol. The number of amides is 2. The second-order valence-electron chi connectivity index (χ2n) is 7.07. The van der Waals surface area contributed by atoms with Crippen molar-refractivity contribution in [1.82, 2.24) is 10.2 Å². The Morgan fingerprint density at radius 3 is 2.70 bits per heavy atom. The Bertz CT molecular complexity index is 816. The molecule has 2 aliphatic heterocycles. The van der Waals surface area contributed by atoms with Gasteiger partial charge in [0, 0.05) is 31.4 Å². The Hall–Kier alpha value is -2.89. The van der Waals surface area contributed by atoms with Gasteiger partial charge < -0.3 is 25.0 Å². The van der Waals surface area contributed by atoms with Gasteiger partial charge in [0.1, 0.15) is 0 Å². The summed E-state index contributed by atoms with van der Waals surface area (Å²) in [5, 5.41) is 6.61. The van der Waals surface area contributed by atoms with E-state index in [9.17, 15) is 4.79 Å². The molecule has 1 fully saturated rings. The zero-order valence-electron chi connectivity index (χ0n) is 15.5. The van der Waals surface area contributed by atoms with Gasteiger partial charge in [-0.25, -0.2) is 4.79 Å². The summed E-state index contributed by atoms with van der Waals surface area (Å²) < 4.78 is 10.7. The van der Waals surface area contributed by atoms with Gasteiger partial charge in [-0.3, -0.25) is 0 Å². The number of benzene rings is 2. The van der Waals surface area contributed by atoms with Gasteiger partial charge in [-0.2, -0.15) is 0 Å². The van der Waals surface area contributed by atoms with Gasteiger partial charge in [-0.1, -0.05) is 24.3 Å². The molecule has 1 saturated heterocycles. The molecule has 2 aromatic carbocycles. The molecule has 0 aliphatic carbocycles. The van der Waals surface area contributed by atoms with E-state index in [1.54, 1.807) is 0 Å². The molecule has 4 rings (SSSR count). The molecule has 0 atom stereocenters. The molecule has 0 unspecified atom stereocenters. The molecule has 2 amide bonds. The van der Waals surface area contributed by atoms with E-state index < -0.39 is 0 Å². The van der Waals surface area contributed by atoms with E-state index in [4.69, 9.17) is 9.47 Å². The van der Waals surface area contributed by atoms with E-state index in [0.717, 1.165) is 43.0 Å². The highest BCUT2D eigenvalue weighted by Gasteiger charge is 2.23. The lowest BCUT2D eigenvalue weighted by Gasteiger charge is -2.33. The Balaban J connectivity index is 1.24. The van der Waals surface area contributed by atoms with Crippen LogP contribution in [0.25, 0.3) is 0 Å². The molecule has 0 saturated carbocycles. The van der Waals surface area contributed by atoms with Crippen molar-refractivity contribution in [2.45, 2.75) is 32.4 Å². The Kier molecular flexibility index (Phi) is 5.05. The summed E-state index contributed by atoms with van der Waals surface area (Å²) >= 11 is 0. The van der Waals surface area contributed by atoms with Crippen molar-refractivity contribution >= 4 is 11.7 Å². The van der Waals surface area contributed by atoms with Crippen LogP contribution >= 0.6 is 0 Å². The minimum Gasteiger partial charge on any atom is -0.454 e. The highest BCUT2D eigenvalue weighted by Crippen LogP contribution is 2.32. The third-order valence-corrected chi connectivity index (χ3v) is 5.17. The van der Waals surface area contributed by atoms with Crippen LogP contribution in [0.5, 0.6) is 11.5 Å². The fraction of sp³-hybridized carbons (Fsp3) is 0.381. The first kappa shape index (κ1) is 17.5. The third-order valence-electron chi connectivity index (χ3n) is 5.17. The van der Waals surface area contributed by atoms with Crippen LogP contribution in [0, 0.1) is 6.92 Å². The summed E-state index contributed by atoms with van der Waals surface area (Å²) in [5.74, 6) is 1.50. The molecule has 2 aliphatic rings. The number of nitrogens with zero attached hydrogens (tertiary/aromatic N) is 1. The van der Waals surface area contributed by atoms with Crippen molar-refractivity contribution in [3.05, 3.63) is 53.6 Å². The van der Waals surface area contributed by atoms with Gasteiger partial charge in [0.05, 0.1) is 0 Å². The highest BCUT2D eigenvalue weighted by molar-refractivity contribution is 5.74. The lowest BCUT2D eigenvalue weighted by Crippen LogP contribution is -2.46. The number of likely N-dealkylation sites (tertiary alicyclic amines) is 1. The minimum absolute atomic E-state index is 0.0120. The number of rotatable bonds is 4. The number of aryl methyl sites for hydroxylation is 1. The number of carbonyl (C=O) groups excluding carboxylic acids is 1. The fourth-order valence-electron chi connectivity index (χ4n) is 3.52. The van der Waals surface area contributed by atoms with Crippen LogP contribution in [0.2, 0.25) is 0 Å². The smallest absolute Gasteiger partial charge is 0.317 e. The van der Waals surface area contributed by atoms with E-state index in [1.807, 2.05) is 35.2 Å². The first-order chi connectivity index (χ1) is 13.2. The van der Waals surface area contributed by atoms with Crippen molar-refractivity contribution in [3.63, 3.8) is 0 Å². The first-order valence-electron chi connectivity index (χ1n) is 9.42. The lowest BCUT2D eigenvalue weighted by molar-refractivity contribution is 0.174. The maximum absolute atomic E-state index is 12.5. The molecule has 6 nitrogen and oxygen atoms in total. The van der Waals surface area contributed by atoms with E-state index in [-0.39, 0.29) is 12.8 Å². The predicted octanol–water partition coefficient (Wildman–Crippen LogP) is 3.51. The number of piperidine rings is 1. The van der Waals surface area contributed by atoms with Gasteiger partial charge >= 0.3 is 6.03 Å². The molecule has 27 heavy (non-hydrogen) atoms. The van der Waals surface area contributed by atoms with Crippen LogP contribution in [-0.2, 0) is 6.54 Å². The van der Waals surface area contributed by atoms with Crippen molar-refractivity contribution in [2.75, 3.05) is 25.2 Å². The largest absolute Gasteiger partial charge is 0.454 e. The number of anilines is 1. The van der Waals surface area contributed by atoms with Gasteiger partial charge in [0.2, 0.25) is 6.79 Å². The predicted molar refractivity (Wildman–Crippen MR) is 104 cm³/mol. The van der Waals surface area contributed by atoms with Gasteiger partial charge in [0.25, 0.3) is 0 Å². The Morgan fingerprint density at radius 1 is 1.11 bits per heavy atom.